The van der Waals surface area contributed by atoms with Crippen molar-refractivity contribution in [2.75, 3.05) is 19.7 Å². The Morgan fingerprint density at radius 2 is 1.90 bits per heavy atom. The van der Waals surface area contributed by atoms with Crippen LogP contribution in [0.25, 0.3) is 0 Å². The van der Waals surface area contributed by atoms with Gasteiger partial charge in [-0.2, -0.15) is 0 Å². The third-order valence-electron chi connectivity index (χ3n) is 5.64. The van der Waals surface area contributed by atoms with Gasteiger partial charge in [-0.1, -0.05) is 30.3 Å². The fourth-order valence-electron chi connectivity index (χ4n) is 4.19. The quantitative estimate of drug-likeness (QED) is 0.689. The first-order valence-electron chi connectivity index (χ1n) is 9.96. The summed E-state index contributed by atoms with van der Waals surface area (Å²) in [5, 5.41) is 0. The van der Waals surface area contributed by atoms with Gasteiger partial charge >= 0.3 is 6.09 Å². The molecule has 2 aromatic rings. The number of carbonyl (C=O) groups excluding carboxylic acids is 2. The molecule has 1 atom stereocenters. The molecular formula is C22H24BrN3O3. The molecule has 2 fully saturated rings. The zero-order valence-electron chi connectivity index (χ0n) is 16.2. The van der Waals surface area contributed by atoms with Gasteiger partial charge in [-0.25, -0.2) is 4.79 Å². The molecule has 0 spiro atoms. The minimum Gasteiger partial charge on any atom is -0.447 e. The van der Waals surface area contributed by atoms with Crippen molar-refractivity contribution in [2.24, 2.45) is 0 Å². The van der Waals surface area contributed by atoms with E-state index in [0.717, 1.165) is 29.3 Å². The van der Waals surface area contributed by atoms with Gasteiger partial charge < -0.3 is 9.64 Å². The summed E-state index contributed by atoms with van der Waals surface area (Å²) in [6, 6.07) is 12.3. The molecular weight excluding hydrogens is 434 g/mol. The molecule has 0 aliphatic carbocycles. The summed E-state index contributed by atoms with van der Waals surface area (Å²) in [5.41, 5.74) is 2.11. The number of piperidine rings is 1. The lowest BCUT2D eigenvalue weighted by molar-refractivity contribution is -0.131. The third kappa shape index (κ3) is 4.78. The van der Waals surface area contributed by atoms with E-state index in [1.165, 1.54) is 5.56 Å². The van der Waals surface area contributed by atoms with E-state index in [2.05, 4.69) is 33.0 Å². The number of likely N-dealkylation sites (tertiary alicyclic amines) is 1. The summed E-state index contributed by atoms with van der Waals surface area (Å²) in [7, 11) is 0. The van der Waals surface area contributed by atoms with Gasteiger partial charge in [-0.3, -0.25) is 14.7 Å². The van der Waals surface area contributed by atoms with Gasteiger partial charge in [0.05, 0.1) is 12.5 Å². The fraction of sp³-hybridized carbons (Fsp3) is 0.409. The fourth-order valence-corrected chi connectivity index (χ4v) is 4.61. The largest absolute Gasteiger partial charge is 0.447 e. The van der Waals surface area contributed by atoms with Gasteiger partial charge in [0, 0.05) is 36.0 Å². The molecule has 152 valence electrons. The van der Waals surface area contributed by atoms with Crippen LogP contribution in [-0.2, 0) is 22.4 Å². The zero-order chi connectivity index (χ0) is 20.2. The second-order valence-corrected chi connectivity index (χ2v) is 8.54. The summed E-state index contributed by atoms with van der Waals surface area (Å²) < 4.78 is 6.24. The zero-order valence-corrected chi connectivity index (χ0v) is 17.8. The lowest BCUT2D eigenvalue weighted by Gasteiger charge is -2.38. The molecule has 2 amide bonds. The maximum absolute atomic E-state index is 12.7. The van der Waals surface area contributed by atoms with E-state index in [1.807, 2.05) is 34.1 Å². The molecule has 0 unspecified atom stereocenters. The number of cyclic esters (lactones) is 1. The number of hydrogen-bond donors (Lipinski definition) is 0. The van der Waals surface area contributed by atoms with Crippen LogP contribution in [0.3, 0.4) is 0 Å². The molecule has 2 aliphatic heterocycles. The van der Waals surface area contributed by atoms with Crippen molar-refractivity contribution in [1.29, 1.82) is 0 Å². The molecule has 1 aromatic carbocycles. The summed E-state index contributed by atoms with van der Waals surface area (Å²) in [5.74, 6) is 0.105. The maximum atomic E-state index is 12.7. The Morgan fingerprint density at radius 3 is 2.62 bits per heavy atom. The van der Waals surface area contributed by atoms with Crippen LogP contribution in [0.15, 0.2) is 53.3 Å². The van der Waals surface area contributed by atoms with E-state index >= 15 is 0 Å². The summed E-state index contributed by atoms with van der Waals surface area (Å²) in [6.45, 7) is 1.75. The van der Waals surface area contributed by atoms with Gasteiger partial charge in [0.15, 0.2) is 0 Å². The minimum absolute atomic E-state index is 0.0601. The Morgan fingerprint density at radius 1 is 1.14 bits per heavy atom. The molecule has 3 heterocycles. The van der Waals surface area contributed by atoms with Crippen molar-refractivity contribution in [1.82, 2.24) is 14.8 Å². The van der Waals surface area contributed by atoms with Gasteiger partial charge in [0.25, 0.3) is 0 Å². The van der Waals surface area contributed by atoms with Gasteiger partial charge in [0.1, 0.15) is 6.61 Å². The van der Waals surface area contributed by atoms with Crippen LogP contribution in [0.1, 0.15) is 24.0 Å². The smallest absolute Gasteiger partial charge is 0.410 e. The second kappa shape index (κ2) is 8.95. The Labute approximate surface area is 179 Å². The Balaban J connectivity index is 1.34. The molecule has 2 aliphatic rings. The van der Waals surface area contributed by atoms with Crippen molar-refractivity contribution in [3.63, 3.8) is 0 Å². The average Bonchev–Trinajstić information content (AvgIpc) is 3.09. The van der Waals surface area contributed by atoms with E-state index in [4.69, 9.17) is 4.74 Å². The number of pyridine rings is 1. The lowest BCUT2D eigenvalue weighted by Crippen LogP contribution is -2.50. The van der Waals surface area contributed by atoms with E-state index in [9.17, 15) is 9.59 Å². The highest BCUT2D eigenvalue weighted by molar-refractivity contribution is 9.10. The van der Waals surface area contributed by atoms with E-state index in [0.29, 0.717) is 26.1 Å². The van der Waals surface area contributed by atoms with Crippen LogP contribution in [-0.4, -0.2) is 58.6 Å². The predicted octanol–water partition coefficient (Wildman–Crippen LogP) is 3.44. The number of benzene rings is 1. The molecule has 1 aromatic heterocycles. The number of amides is 2. The van der Waals surface area contributed by atoms with E-state index in [-0.39, 0.29) is 24.1 Å². The highest BCUT2D eigenvalue weighted by Crippen LogP contribution is 2.26. The first kappa shape index (κ1) is 19.9. The Bertz CT molecular complexity index is 869. The molecule has 0 bridgehead atoms. The lowest BCUT2D eigenvalue weighted by atomic mass is 9.99. The van der Waals surface area contributed by atoms with E-state index < -0.39 is 0 Å². The molecule has 6 nitrogen and oxygen atoms in total. The van der Waals surface area contributed by atoms with Gasteiger partial charge in [-0.05, 0) is 52.4 Å². The van der Waals surface area contributed by atoms with Crippen LogP contribution < -0.4 is 0 Å². The van der Waals surface area contributed by atoms with Crippen LogP contribution in [0.5, 0.6) is 0 Å². The standard InChI is InChI=1S/C22H24BrN3O3/c23-18-10-17(13-24-14-18)12-21(27)25-8-6-19(7-9-25)26-20(15-29-22(26)28)11-16-4-2-1-3-5-16/h1-5,10,13-14,19-20H,6-9,11-12,15H2/t20-/m1/s1. The normalized spacial score (nSPS) is 20.0. The summed E-state index contributed by atoms with van der Waals surface area (Å²) in [6.07, 6.45) is 5.91. The van der Waals surface area contributed by atoms with Crippen molar-refractivity contribution in [3.05, 3.63) is 64.4 Å². The van der Waals surface area contributed by atoms with Gasteiger partial charge in [0.2, 0.25) is 5.91 Å². The van der Waals surface area contributed by atoms with Crippen molar-refractivity contribution >= 4 is 27.9 Å². The molecule has 0 saturated carbocycles. The molecule has 7 heteroatoms. The second-order valence-electron chi connectivity index (χ2n) is 7.63. The summed E-state index contributed by atoms with van der Waals surface area (Å²) >= 11 is 3.39. The molecule has 4 rings (SSSR count). The molecule has 0 N–H and O–H groups in total. The number of ether oxygens (including phenoxy) is 1. The van der Waals surface area contributed by atoms with Crippen molar-refractivity contribution in [3.8, 4) is 0 Å². The summed E-state index contributed by atoms with van der Waals surface area (Å²) in [4.78, 5) is 33.0. The monoisotopic (exact) mass is 457 g/mol. The number of rotatable bonds is 5. The van der Waals surface area contributed by atoms with Gasteiger partial charge in [-0.15, -0.1) is 0 Å². The SMILES string of the molecule is O=C(Cc1cncc(Br)c1)N1CCC(N2C(=O)OC[C@H]2Cc2ccccc2)CC1. The maximum Gasteiger partial charge on any atom is 0.410 e. The predicted molar refractivity (Wildman–Crippen MR) is 112 cm³/mol. The third-order valence-corrected chi connectivity index (χ3v) is 6.08. The minimum atomic E-state index is -0.226. The van der Waals surface area contributed by atoms with Crippen LogP contribution in [0, 0.1) is 0 Å². The average molecular weight is 458 g/mol. The first-order chi connectivity index (χ1) is 14.1. The highest BCUT2D eigenvalue weighted by Gasteiger charge is 2.39. The number of nitrogens with zero attached hydrogens (tertiary/aromatic N) is 3. The first-order valence-corrected chi connectivity index (χ1v) is 10.8. The van der Waals surface area contributed by atoms with Crippen LogP contribution in [0.4, 0.5) is 4.79 Å². The topological polar surface area (TPSA) is 62.7 Å². The Kier molecular flexibility index (Phi) is 6.13. The number of aromatic nitrogens is 1. The van der Waals surface area contributed by atoms with E-state index in [1.54, 1.807) is 12.4 Å². The van der Waals surface area contributed by atoms with Crippen LogP contribution in [0.2, 0.25) is 0 Å². The molecule has 0 radical (unpaired) electrons. The number of halogens is 1. The molecule has 2 saturated heterocycles. The number of hydrogen-bond acceptors (Lipinski definition) is 4. The highest BCUT2D eigenvalue weighted by atomic mass is 79.9. The van der Waals surface area contributed by atoms with Crippen molar-refractivity contribution in [2.45, 2.75) is 37.8 Å². The molecule has 29 heavy (non-hydrogen) atoms. The van der Waals surface area contributed by atoms with Crippen molar-refractivity contribution < 1.29 is 14.3 Å². The Hall–Kier alpha value is -2.41. The number of carbonyl (C=O) groups is 2. The van der Waals surface area contributed by atoms with Crippen LogP contribution >= 0.6 is 15.9 Å².